The molecule has 0 rings (SSSR count). The highest BCUT2D eigenvalue weighted by molar-refractivity contribution is 7.47. The van der Waals surface area contributed by atoms with Crippen LogP contribution in [0.3, 0.4) is 0 Å². The van der Waals surface area contributed by atoms with Crippen LogP contribution in [-0.4, -0.2) is 96.7 Å². The van der Waals surface area contributed by atoms with Gasteiger partial charge >= 0.3 is 39.5 Å². The van der Waals surface area contributed by atoms with Crippen LogP contribution in [0.1, 0.15) is 446 Å². The predicted molar refractivity (Wildman–Crippen MR) is 423 cm³/mol. The van der Waals surface area contributed by atoms with Crippen molar-refractivity contribution in [3.05, 3.63) is 0 Å². The fourth-order valence-corrected chi connectivity index (χ4v) is 14.6. The van der Waals surface area contributed by atoms with Gasteiger partial charge in [0.25, 0.3) is 0 Å². The number of phosphoric ester groups is 2. The van der Waals surface area contributed by atoms with Crippen LogP contribution < -0.4 is 0 Å². The molecule has 0 aliphatic rings. The Morgan fingerprint density at radius 1 is 0.282 bits per heavy atom. The molecule has 0 aliphatic heterocycles. The van der Waals surface area contributed by atoms with Gasteiger partial charge in [-0.25, -0.2) is 9.13 Å². The average molecular weight is 1510 g/mol. The van der Waals surface area contributed by atoms with E-state index in [9.17, 15) is 43.2 Å². The molecule has 6 atom stereocenters. The van der Waals surface area contributed by atoms with Gasteiger partial charge in [0.2, 0.25) is 0 Å². The summed E-state index contributed by atoms with van der Waals surface area (Å²) in [6, 6.07) is 0. The zero-order valence-corrected chi connectivity index (χ0v) is 69.4. The Labute approximate surface area is 632 Å². The molecule has 103 heavy (non-hydrogen) atoms. The summed E-state index contributed by atoms with van der Waals surface area (Å²) in [5, 5.41) is 10.7. The van der Waals surface area contributed by atoms with E-state index in [-0.39, 0.29) is 25.7 Å². The lowest BCUT2D eigenvalue weighted by Crippen LogP contribution is -2.30. The zero-order valence-electron chi connectivity index (χ0n) is 67.6. The number of hydrogen-bond donors (Lipinski definition) is 3. The van der Waals surface area contributed by atoms with Crippen LogP contribution in [0.4, 0.5) is 0 Å². The molecule has 3 N–H and O–H groups in total. The molecule has 0 aromatic rings. The molecule has 612 valence electrons. The second kappa shape index (κ2) is 75.5. The van der Waals surface area contributed by atoms with Gasteiger partial charge in [0.15, 0.2) is 12.2 Å². The van der Waals surface area contributed by atoms with Gasteiger partial charge in [0.1, 0.15) is 19.3 Å². The summed E-state index contributed by atoms with van der Waals surface area (Å²) in [5.74, 6) is -0.642. The van der Waals surface area contributed by atoms with Gasteiger partial charge in [0, 0.05) is 25.7 Å². The minimum Gasteiger partial charge on any atom is -0.462 e. The third kappa shape index (κ3) is 76.6. The Balaban J connectivity index is 5.20. The molecule has 3 unspecified atom stereocenters. The molecule has 0 bridgehead atoms. The summed E-state index contributed by atoms with van der Waals surface area (Å²) in [7, 11) is -9.92. The molecule has 0 radical (unpaired) electrons. The molecule has 0 fully saturated rings. The highest BCUT2D eigenvalue weighted by atomic mass is 31.2. The van der Waals surface area contributed by atoms with Crippen LogP contribution in [0.2, 0.25) is 0 Å². The molecule has 0 amide bonds. The fourth-order valence-electron chi connectivity index (χ4n) is 13.0. The fraction of sp³-hybridized carbons (Fsp3) is 0.952. The first-order valence-corrected chi connectivity index (χ1v) is 46.5. The summed E-state index contributed by atoms with van der Waals surface area (Å²) < 4.78 is 68.8. The molecule has 0 aliphatic carbocycles. The maximum Gasteiger partial charge on any atom is 0.472 e. The quantitative estimate of drug-likeness (QED) is 0.0222. The van der Waals surface area contributed by atoms with Crippen LogP contribution in [0.15, 0.2) is 0 Å². The lowest BCUT2D eigenvalue weighted by molar-refractivity contribution is -0.161. The Kier molecular flexibility index (Phi) is 74.1. The van der Waals surface area contributed by atoms with Crippen LogP contribution in [-0.2, 0) is 65.4 Å². The number of unbranched alkanes of at least 4 members (excludes halogenated alkanes) is 52. The molecule has 0 heterocycles. The van der Waals surface area contributed by atoms with Crippen molar-refractivity contribution in [2.75, 3.05) is 39.6 Å². The molecule has 0 aromatic carbocycles. The molecular weight excluding hydrogens is 1340 g/mol. The average Bonchev–Trinajstić information content (AvgIpc) is 0.931. The number of phosphoric acid groups is 2. The summed E-state index contributed by atoms with van der Waals surface area (Å²) in [6.45, 7) is 9.58. The normalized spacial score (nSPS) is 14.1. The second-order valence-corrected chi connectivity index (χ2v) is 33.8. The minimum atomic E-state index is -4.96. The van der Waals surface area contributed by atoms with Crippen molar-refractivity contribution in [2.45, 2.75) is 464 Å². The van der Waals surface area contributed by atoms with E-state index in [2.05, 4.69) is 41.5 Å². The Morgan fingerprint density at radius 3 is 0.738 bits per heavy atom. The number of aliphatic hydroxyl groups is 1. The van der Waals surface area contributed by atoms with Gasteiger partial charge < -0.3 is 33.8 Å². The highest BCUT2D eigenvalue weighted by Gasteiger charge is 2.30. The Morgan fingerprint density at radius 2 is 0.495 bits per heavy atom. The number of rotatable bonds is 83. The van der Waals surface area contributed by atoms with Gasteiger partial charge in [-0.3, -0.25) is 37.3 Å². The van der Waals surface area contributed by atoms with Crippen molar-refractivity contribution in [1.82, 2.24) is 0 Å². The molecule has 17 nitrogen and oxygen atoms in total. The number of hydrogen-bond acceptors (Lipinski definition) is 15. The van der Waals surface area contributed by atoms with Gasteiger partial charge in [0.05, 0.1) is 26.4 Å². The first kappa shape index (κ1) is 101. The van der Waals surface area contributed by atoms with Crippen LogP contribution >= 0.6 is 15.6 Å². The van der Waals surface area contributed by atoms with Gasteiger partial charge in [-0.1, -0.05) is 395 Å². The third-order valence-electron chi connectivity index (χ3n) is 20.1. The van der Waals surface area contributed by atoms with E-state index >= 15 is 0 Å². The minimum absolute atomic E-state index is 0.105. The van der Waals surface area contributed by atoms with E-state index in [1.165, 1.54) is 257 Å². The highest BCUT2D eigenvalue weighted by Crippen LogP contribution is 2.45. The molecule has 0 spiro atoms. The largest absolute Gasteiger partial charge is 0.472 e. The SMILES string of the molecule is CCCCCCCCCCCCCCCCCCCCCCCCC(=O)O[C@H](COC(=O)CCCCCCCCCCCCCCCCCCCCC)COP(=O)(O)OC[C@@H](O)COP(=O)(O)OC[C@@H](COC(=O)CCCCCCCCC(C)CC)OC(=O)CCCCCCCCCCCC(C)C. The number of ether oxygens (including phenoxy) is 4. The third-order valence-corrected chi connectivity index (χ3v) is 22.0. The number of carbonyl (C=O) groups excluding carboxylic acids is 4. The molecule has 0 saturated carbocycles. The Bertz CT molecular complexity index is 1980. The Hall–Kier alpha value is -1.94. The molecule has 19 heteroatoms. The monoisotopic (exact) mass is 1510 g/mol. The first-order valence-electron chi connectivity index (χ1n) is 43.5. The van der Waals surface area contributed by atoms with Crippen molar-refractivity contribution in [3.63, 3.8) is 0 Å². The summed E-state index contributed by atoms with van der Waals surface area (Å²) >= 11 is 0. The van der Waals surface area contributed by atoms with E-state index in [0.717, 1.165) is 108 Å². The van der Waals surface area contributed by atoms with Gasteiger partial charge in [-0.05, 0) is 37.5 Å². The standard InChI is InChI=1S/C84H164O17P2/c1-7-10-12-14-16-18-20-22-24-26-28-29-30-32-34-36-38-40-44-48-56-62-68-83(88)100-79(72-94-81(86)66-60-54-47-43-39-37-35-33-31-27-25-23-21-19-17-15-13-11-8-2)74-98-102(90,91)96-70-78(85)71-97-103(92,93)99-75-80(73-95-82(87)67-61-55-51-50-53-59-65-77(6)9-3)101-84(89)69-63-57-49-45-41-42-46-52-58-64-76(4)5/h76-80,85H,7-75H2,1-6H3,(H,90,91)(H,92,93)/t77?,78-,79-,80-/m1/s1. The lowest BCUT2D eigenvalue weighted by atomic mass is 10.00. The van der Waals surface area contributed by atoms with Crippen molar-refractivity contribution in [1.29, 1.82) is 0 Å². The van der Waals surface area contributed by atoms with Crippen molar-refractivity contribution < 1.29 is 80.2 Å². The number of aliphatic hydroxyl groups excluding tert-OH is 1. The topological polar surface area (TPSA) is 237 Å². The maximum atomic E-state index is 13.1. The maximum absolute atomic E-state index is 13.1. The first-order chi connectivity index (χ1) is 49.9. The van der Waals surface area contributed by atoms with E-state index in [1.54, 1.807) is 0 Å². The smallest absolute Gasteiger partial charge is 0.462 e. The van der Waals surface area contributed by atoms with E-state index in [4.69, 9.17) is 37.0 Å². The predicted octanol–water partition coefficient (Wildman–Crippen LogP) is 25.5. The van der Waals surface area contributed by atoms with Crippen LogP contribution in [0.5, 0.6) is 0 Å². The van der Waals surface area contributed by atoms with E-state index < -0.39 is 97.5 Å². The van der Waals surface area contributed by atoms with Crippen LogP contribution in [0.25, 0.3) is 0 Å². The van der Waals surface area contributed by atoms with Gasteiger partial charge in [-0.2, -0.15) is 0 Å². The van der Waals surface area contributed by atoms with Crippen molar-refractivity contribution in [2.24, 2.45) is 11.8 Å². The van der Waals surface area contributed by atoms with Gasteiger partial charge in [-0.15, -0.1) is 0 Å². The summed E-state index contributed by atoms with van der Waals surface area (Å²) in [5.41, 5.74) is 0. The van der Waals surface area contributed by atoms with E-state index in [1.807, 2.05) is 0 Å². The number of carbonyl (C=O) groups is 4. The van der Waals surface area contributed by atoms with E-state index in [0.29, 0.717) is 25.7 Å². The van der Waals surface area contributed by atoms with Crippen LogP contribution in [0, 0.1) is 11.8 Å². The second-order valence-electron chi connectivity index (χ2n) is 30.9. The van der Waals surface area contributed by atoms with Crippen molar-refractivity contribution in [3.8, 4) is 0 Å². The molecule has 0 aromatic heterocycles. The molecule has 0 saturated heterocycles. The molecular formula is C84H164O17P2. The summed E-state index contributed by atoms with van der Waals surface area (Å²) in [4.78, 5) is 73.1. The summed E-state index contributed by atoms with van der Waals surface area (Å²) in [6.07, 6.45) is 66.9. The zero-order chi connectivity index (χ0) is 75.6. The number of esters is 4. The lowest BCUT2D eigenvalue weighted by Gasteiger charge is -2.21. The van der Waals surface area contributed by atoms with Crippen molar-refractivity contribution >= 4 is 39.5 Å².